The summed E-state index contributed by atoms with van der Waals surface area (Å²) in [5, 5.41) is 13.3. The summed E-state index contributed by atoms with van der Waals surface area (Å²) in [5.41, 5.74) is 4.80. The highest BCUT2D eigenvalue weighted by molar-refractivity contribution is 8.01. The summed E-state index contributed by atoms with van der Waals surface area (Å²) in [6.07, 6.45) is 1.70. The van der Waals surface area contributed by atoms with Gasteiger partial charge in [-0.25, -0.2) is 4.79 Å². The van der Waals surface area contributed by atoms with Gasteiger partial charge in [0.2, 0.25) is 11.0 Å². The first-order chi connectivity index (χ1) is 8.11. The Balaban J connectivity index is 2.36. The number of hydrogen-bond donors (Lipinski definition) is 3. The molecule has 1 aromatic heterocycles. The van der Waals surface area contributed by atoms with Crippen LogP contribution in [0.3, 0.4) is 0 Å². The predicted molar refractivity (Wildman–Crippen MR) is 67.0 cm³/mol. The first-order valence-corrected chi connectivity index (χ1v) is 6.32. The van der Waals surface area contributed by atoms with E-state index < -0.39 is 11.9 Å². The summed E-state index contributed by atoms with van der Waals surface area (Å²) >= 11 is 2.50. The highest BCUT2D eigenvalue weighted by Gasteiger charge is 2.08. The molecule has 7 nitrogen and oxygen atoms in total. The molecule has 1 aromatic rings. The number of urea groups is 1. The Hall–Kier alpha value is -1.61. The number of primary amides is 1. The Labute approximate surface area is 106 Å². The van der Waals surface area contributed by atoms with Crippen molar-refractivity contribution in [3.8, 4) is 0 Å². The van der Waals surface area contributed by atoms with Crippen LogP contribution in [0.15, 0.2) is 17.0 Å². The van der Waals surface area contributed by atoms with Crippen molar-refractivity contribution < 1.29 is 9.59 Å². The Morgan fingerprint density at radius 1 is 1.53 bits per heavy atom. The maximum atomic E-state index is 11.1. The van der Waals surface area contributed by atoms with E-state index in [4.69, 9.17) is 5.73 Å². The molecule has 0 spiro atoms. The number of thioether (sulfide) groups is 1. The number of aromatic nitrogens is 2. The van der Waals surface area contributed by atoms with E-state index in [0.29, 0.717) is 16.0 Å². The lowest BCUT2D eigenvalue weighted by Crippen LogP contribution is -2.36. The van der Waals surface area contributed by atoms with E-state index in [1.807, 2.05) is 5.32 Å². The summed E-state index contributed by atoms with van der Waals surface area (Å²) in [4.78, 5) is 21.5. The molecular formula is C8H11N5O2S2. The molecule has 0 unspecified atom stereocenters. The van der Waals surface area contributed by atoms with Crippen molar-refractivity contribution in [1.29, 1.82) is 0 Å². The number of amides is 3. The molecule has 9 heteroatoms. The minimum atomic E-state index is -0.860. The second-order valence-electron chi connectivity index (χ2n) is 2.74. The fraction of sp³-hybridized carbons (Fsp3) is 0.250. The fourth-order valence-corrected chi connectivity index (χ4v) is 2.36. The monoisotopic (exact) mass is 273 g/mol. The van der Waals surface area contributed by atoms with Crippen LogP contribution in [0.1, 0.15) is 0 Å². The number of carbonyl (C=O) groups excluding carboxylic acids is 2. The topological polar surface area (TPSA) is 110 Å². The zero-order valence-corrected chi connectivity index (χ0v) is 10.4. The van der Waals surface area contributed by atoms with E-state index >= 15 is 0 Å². The van der Waals surface area contributed by atoms with E-state index in [9.17, 15) is 9.59 Å². The molecule has 1 heterocycles. The molecule has 17 heavy (non-hydrogen) atoms. The fourth-order valence-electron chi connectivity index (χ4n) is 0.800. The van der Waals surface area contributed by atoms with Crippen LogP contribution in [0, 0.1) is 0 Å². The van der Waals surface area contributed by atoms with Gasteiger partial charge in [-0.05, 0) is 0 Å². The van der Waals surface area contributed by atoms with E-state index in [0.717, 1.165) is 0 Å². The van der Waals surface area contributed by atoms with Crippen LogP contribution in [0.5, 0.6) is 0 Å². The summed E-state index contributed by atoms with van der Waals surface area (Å²) in [5.74, 6) is -0.391. The Morgan fingerprint density at radius 2 is 2.29 bits per heavy atom. The standard InChI is InChI=1S/C8H11N5O2S2/c1-2-3-10-7-12-13-8(17-7)16-4-5(14)11-6(9)15/h2H,1,3-4H2,(H,10,12)(H3,9,11,14,15). The lowest BCUT2D eigenvalue weighted by Gasteiger charge is -1.97. The second-order valence-corrected chi connectivity index (χ2v) is 4.94. The molecule has 4 N–H and O–H groups in total. The van der Waals surface area contributed by atoms with Gasteiger partial charge in [0.25, 0.3) is 0 Å². The average Bonchev–Trinajstić information content (AvgIpc) is 2.70. The zero-order chi connectivity index (χ0) is 12.7. The maximum absolute atomic E-state index is 11.1. The van der Waals surface area contributed by atoms with Crippen LogP contribution in [0.25, 0.3) is 0 Å². The van der Waals surface area contributed by atoms with Crippen molar-refractivity contribution in [2.24, 2.45) is 5.73 Å². The van der Waals surface area contributed by atoms with Gasteiger partial charge in [-0.3, -0.25) is 10.1 Å². The van der Waals surface area contributed by atoms with Crippen LogP contribution in [0.2, 0.25) is 0 Å². The largest absolute Gasteiger partial charge is 0.357 e. The molecular weight excluding hydrogens is 262 g/mol. The molecule has 3 amide bonds. The number of carbonyl (C=O) groups is 2. The molecule has 0 radical (unpaired) electrons. The van der Waals surface area contributed by atoms with E-state index in [2.05, 4.69) is 22.1 Å². The Bertz CT molecular complexity index is 420. The van der Waals surface area contributed by atoms with Crippen molar-refractivity contribution in [2.75, 3.05) is 17.6 Å². The van der Waals surface area contributed by atoms with Gasteiger partial charge in [-0.2, -0.15) is 0 Å². The van der Waals surface area contributed by atoms with E-state index in [1.165, 1.54) is 23.1 Å². The summed E-state index contributed by atoms with van der Waals surface area (Å²) in [6.45, 7) is 4.16. The zero-order valence-electron chi connectivity index (χ0n) is 8.80. The second kappa shape index (κ2) is 6.86. The highest BCUT2D eigenvalue weighted by Crippen LogP contribution is 2.24. The predicted octanol–water partition coefficient (Wildman–Crippen LogP) is 0.423. The van der Waals surface area contributed by atoms with Crippen LogP contribution < -0.4 is 16.4 Å². The molecule has 0 aromatic carbocycles. The molecule has 0 aliphatic heterocycles. The number of nitrogens with zero attached hydrogens (tertiary/aromatic N) is 2. The van der Waals surface area contributed by atoms with Crippen LogP contribution in [-0.2, 0) is 4.79 Å². The van der Waals surface area contributed by atoms with Crippen LogP contribution >= 0.6 is 23.1 Å². The molecule has 0 saturated carbocycles. The maximum Gasteiger partial charge on any atom is 0.318 e. The minimum Gasteiger partial charge on any atom is -0.357 e. The summed E-state index contributed by atoms with van der Waals surface area (Å²) in [7, 11) is 0. The number of rotatable bonds is 6. The van der Waals surface area contributed by atoms with Gasteiger partial charge in [-0.1, -0.05) is 29.2 Å². The third kappa shape index (κ3) is 5.31. The van der Waals surface area contributed by atoms with Gasteiger partial charge in [0.1, 0.15) is 0 Å². The molecule has 0 saturated heterocycles. The number of hydrogen-bond acceptors (Lipinski definition) is 7. The quantitative estimate of drug-likeness (QED) is 0.512. The SMILES string of the molecule is C=CCNc1nnc(SCC(=O)NC(N)=O)s1. The molecule has 0 aliphatic rings. The van der Waals surface area contributed by atoms with Crippen molar-refractivity contribution in [2.45, 2.75) is 4.34 Å². The molecule has 92 valence electrons. The van der Waals surface area contributed by atoms with Crippen molar-refractivity contribution >= 4 is 40.2 Å². The lowest BCUT2D eigenvalue weighted by atomic mass is 10.6. The molecule has 1 rings (SSSR count). The van der Waals surface area contributed by atoms with E-state index in [1.54, 1.807) is 6.08 Å². The van der Waals surface area contributed by atoms with Gasteiger partial charge in [0, 0.05) is 6.54 Å². The minimum absolute atomic E-state index is 0.0685. The number of anilines is 1. The third-order valence-electron chi connectivity index (χ3n) is 1.39. The van der Waals surface area contributed by atoms with Crippen LogP contribution in [0.4, 0.5) is 9.93 Å². The van der Waals surface area contributed by atoms with Gasteiger partial charge in [0.15, 0.2) is 4.34 Å². The van der Waals surface area contributed by atoms with Crippen molar-refractivity contribution in [3.63, 3.8) is 0 Å². The number of imide groups is 1. The summed E-state index contributed by atoms with van der Waals surface area (Å²) in [6, 6.07) is -0.860. The Morgan fingerprint density at radius 3 is 2.94 bits per heavy atom. The third-order valence-corrected chi connectivity index (χ3v) is 3.41. The van der Waals surface area contributed by atoms with Gasteiger partial charge >= 0.3 is 6.03 Å². The number of nitrogens with two attached hydrogens (primary N) is 1. The van der Waals surface area contributed by atoms with E-state index in [-0.39, 0.29) is 5.75 Å². The molecule has 0 atom stereocenters. The first kappa shape index (κ1) is 13.5. The number of nitrogens with one attached hydrogen (secondary N) is 2. The lowest BCUT2D eigenvalue weighted by molar-refractivity contribution is -0.117. The van der Waals surface area contributed by atoms with Crippen LogP contribution in [-0.4, -0.2) is 34.4 Å². The summed E-state index contributed by atoms with van der Waals surface area (Å²) < 4.78 is 0.635. The molecule has 0 aliphatic carbocycles. The normalized spacial score (nSPS) is 9.65. The van der Waals surface area contributed by atoms with Gasteiger partial charge in [-0.15, -0.1) is 16.8 Å². The Kier molecular flexibility index (Phi) is 5.43. The molecule has 0 fully saturated rings. The van der Waals surface area contributed by atoms with Gasteiger partial charge < -0.3 is 11.1 Å². The van der Waals surface area contributed by atoms with Crippen molar-refractivity contribution in [3.05, 3.63) is 12.7 Å². The highest BCUT2D eigenvalue weighted by atomic mass is 32.2. The van der Waals surface area contributed by atoms with Crippen molar-refractivity contribution in [1.82, 2.24) is 15.5 Å². The average molecular weight is 273 g/mol. The first-order valence-electron chi connectivity index (χ1n) is 4.52. The van der Waals surface area contributed by atoms with Gasteiger partial charge in [0.05, 0.1) is 5.75 Å². The molecule has 0 bridgehead atoms. The smallest absolute Gasteiger partial charge is 0.318 e.